The summed E-state index contributed by atoms with van der Waals surface area (Å²) >= 11 is 0. The summed E-state index contributed by atoms with van der Waals surface area (Å²) in [7, 11) is 0. The van der Waals surface area contributed by atoms with Crippen molar-refractivity contribution in [2.75, 3.05) is 18.5 Å². The van der Waals surface area contributed by atoms with Gasteiger partial charge in [0.1, 0.15) is 5.75 Å². The maximum absolute atomic E-state index is 12.2. The van der Waals surface area contributed by atoms with Gasteiger partial charge < -0.3 is 15.4 Å². The zero-order valence-corrected chi connectivity index (χ0v) is 15.0. The van der Waals surface area contributed by atoms with E-state index in [0.29, 0.717) is 24.4 Å². The van der Waals surface area contributed by atoms with Gasteiger partial charge in [0.05, 0.1) is 6.61 Å². The smallest absolute Gasteiger partial charge is 0.251 e. The fraction of sp³-hybridized carbons (Fsp3) is 0.333. The molecule has 0 spiro atoms. The molecule has 2 aromatic carbocycles. The Bertz CT molecular complexity index is 784. The van der Waals surface area contributed by atoms with Crippen molar-refractivity contribution in [3.63, 3.8) is 0 Å². The SMILES string of the molecule is Cc1cccc(OCCCNC(=O)c2cccc(NC(=O)C3CC3)c2)c1. The lowest BCUT2D eigenvalue weighted by Gasteiger charge is -2.09. The molecule has 1 aliphatic rings. The molecule has 2 N–H and O–H groups in total. The molecule has 0 aliphatic heterocycles. The average molecular weight is 352 g/mol. The van der Waals surface area contributed by atoms with Crippen LogP contribution in [0.25, 0.3) is 0 Å². The molecule has 2 aromatic rings. The van der Waals surface area contributed by atoms with Crippen molar-refractivity contribution in [1.29, 1.82) is 0 Å². The van der Waals surface area contributed by atoms with E-state index in [1.54, 1.807) is 24.3 Å². The predicted octanol–water partition coefficient (Wildman–Crippen LogP) is 3.54. The van der Waals surface area contributed by atoms with Gasteiger partial charge in [-0.25, -0.2) is 0 Å². The third kappa shape index (κ3) is 5.34. The molecule has 0 aromatic heterocycles. The van der Waals surface area contributed by atoms with Crippen LogP contribution in [-0.2, 0) is 4.79 Å². The molecule has 26 heavy (non-hydrogen) atoms. The molecule has 1 fully saturated rings. The van der Waals surface area contributed by atoms with E-state index < -0.39 is 0 Å². The summed E-state index contributed by atoms with van der Waals surface area (Å²) in [5.41, 5.74) is 2.36. The van der Waals surface area contributed by atoms with Crippen LogP contribution >= 0.6 is 0 Å². The van der Waals surface area contributed by atoms with E-state index in [1.165, 1.54) is 0 Å². The van der Waals surface area contributed by atoms with Crippen LogP contribution in [0.2, 0.25) is 0 Å². The summed E-state index contributed by atoms with van der Waals surface area (Å²) < 4.78 is 5.67. The first-order valence-electron chi connectivity index (χ1n) is 9.00. The fourth-order valence-electron chi connectivity index (χ4n) is 2.60. The van der Waals surface area contributed by atoms with Crippen LogP contribution in [0.4, 0.5) is 5.69 Å². The molecule has 0 bridgehead atoms. The van der Waals surface area contributed by atoms with Crippen molar-refractivity contribution in [2.45, 2.75) is 26.2 Å². The molecule has 5 heteroatoms. The molecule has 0 atom stereocenters. The zero-order chi connectivity index (χ0) is 18.4. The van der Waals surface area contributed by atoms with Gasteiger partial charge in [-0.15, -0.1) is 0 Å². The Kier molecular flexibility index (Phi) is 5.89. The lowest BCUT2D eigenvalue weighted by Crippen LogP contribution is -2.25. The lowest BCUT2D eigenvalue weighted by atomic mass is 10.2. The number of benzene rings is 2. The predicted molar refractivity (Wildman–Crippen MR) is 101 cm³/mol. The van der Waals surface area contributed by atoms with Gasteiger partial charge in [-0.1, -0.05) is 18.2 Å². The Hall–Kier alpha value is -2.82. The van der Waals surface area contributed by atoms with Crippen LogP contribution in [0.5, 0.6) is 5.75 Å². The van der Waals surface area contributed by atoms with Gasteiger partial charge in [0.2, 0.25) is 5.91 Å². The number of hydrogen-bond donors (Lipinski definition) is 2. The van der Waals surface area contributed by atoms with E-state index in [9.17, 15) is 9.59 Å². The highest BCUT2D eigenvalue weighted by molar-refractivity contribution is 5.98. The van der Waals surface area contributed by atoms with Gasteiger partial charge in [-0.05, 0) is 62.1 Å². The fourth-order valence-corrected chi connectivity index (χ4v) is 2.60. The highest BCUT2D eigenvalue weighted by atomic mass is 16.5. The third-order valence-electron chi connectivity index (χ3n) is 4.21. The molecule has 0 heterocycles. The Morgan fingerprint density at radius 2 is 1.92 bits per heavy atom. The Morgan fingerprint density at radius 3 is 2.69 bits per heavy atom. The molecule has 3 rings (SSSR count). The topological polar surface area (TPSA) is 67.4 Å². The van der Waals surface area contributed by atoms with E-state index in [2.05, 4.69) is 10.6 Å². The van der Waals surface area contributed by atoms with Crippen LogP contribution < -0.4 is 15.4 Å². The first kappa shape index (κ1) is 18.0. The lowest BCUT2D eigenvalue weighted by molar-refractivity contribution is -0.117. The summed E-state index contributed by atoms with van der Waals surface area (Å²) in [4.78, 5) is 24.1. The quantitative estimate of drug-likeness (QED) is 0.714. The summed E-state index contributed by atoms with van der Waals surface area (Å²) in [6.07, 6.45) is 2.63. The van der Waals surface area contributed by atoms with Gasteiger partial charge in [-0.3, -0.25) is 9.59 Å². The highest BCUT2D eigenvalue weighted by Crippen LogP contribution is 2.30. The average Bonchev–Trinajstić information content (AvgIpc) is 3.47. The van der Waals surface area contributed by atoms with Crippen LogP contribution in [-0.4, -0.2) is 25.0 Å². The number of aryl methyl sites for hydroxylation is 1. The summed E-state index contributed by atoms with van der Waals surface area (Å²) in [6, 6.07) is 14.9. The van der Waals surface area contributed by atoms with Crippen molar-refractivity contribution in [3.8, 4) is 5.75 Å². The van der Waals surface area contributed by atoms with Crippen LogP contribution in [0.1, 0.15) is 35.2 Å². The monoisotopic (exact) mass is 352 g/mol. The first-order chi connectivity index (χ1) is 12.6. The second-order valence-corrected chi connectivity index (χ2v) is 6.62. The normalized spacial score (nSPS) is 13.1. The Morgan fingerprint density at radius 1 is 1.12 bits per heavy atom. The van der Waals surface area contributed by atoms with Crippen molar-refractivity contribution in [1.82, 2.24) is 5.32 Å². The van der Waals surface area contributed by atoms with Crippen LogP contribution in [0, 0.1) is 12.8 Å². The highest BCUT2D eigenvalue weighted by Gasteiger charge is 2.29. The second-order valence-electron chi connectivity index (χ2n) is 6.62. The molecule has 0 unspecified atom stereocenters. The molecule has 136 valence electrons. The molecular weight excluding hydrogens is 328 g/mol. The number of amides is 2. The van der Waals surface area contributed by atoms with E-state index >= 15 is 0 Å². The number of anilines is 1. The van der Waals surface area contributed by atoms with Crippen molar-refractivity contribution < 1.29 is 14.3 Å². The van der Waals surface area contributed by atoms with E-state index in [4.69, 9.17) is 4.74 Å². The Labute approximate surface area is 153 Å². The number of carbonyl (C=O) groups excluding carboxylic acids is 2. The van der Waals surface area contributed by atoms with Gasteiger partial charge in [-0.2, -0.15) is 0 Å². The van der Waals surface area contributed by atoms with Gasteiger partial charge in [0.15, 0.2) is 0 Å². The van der Waals surface area contributed by atoms with Crippen molar-refractivity contribution in [2.24, 2.45) is 5.92 Å². The maximum atomic E-state index is 12.2. The molecular formula is C21H24N2O3. The standard InChI is InChI=1S/C21H24N2O3/c1-15-5-2-8-19(13-15)26-12-4-11-22-20(24)17-6-3-7-18(14-17)23-21(25)16-9-10-16/h2-3,5-8,13-14,16H,4,9-12H2,1H3,(H,22,24)(H,23,25). The summed E-state index contributed by atoms with van der Waals surface area (Å²) in [5, 5.41) is 5.74. The van der Waals surface area contributed by atoms with E-state index in [-0.39, 0.29) is 17.7 Å². The number of rotatable bonds is 8. The van der Waals surface area contributed by atoms with Crippen molar-refractivity contribution in [3.05, 3.63) is 59.7 Å². The first-order valence-corrected chi connectivity index (χ1v) is 9.00. The van der Waals surface area contributed by atoms with Crippen LogP contribution in [0.3, 0.4) is 0 Å². The van der Waals surface area contributed by atoms with Gasteiger partial charge >= 0.3 is 0 Å². The third-order valence-corrected chi connectivity index (χ3v) is 4.21. The van der Waals surface area contributed by atoms with E-state index in [0.717, 1.165) is 30.6 Å². The second kappa shape index (κ2) is 8.52. The minimum Gasteiger partial charge on any atom is -0.494 e. The van der Waals surface area contributed by atoms with E-state index in [1.807, 2.05) is 31.2 Å². The zero-order valence-electron chi connectivity index (χ0n) is 15.0. The van der Waals surface area contributed by atoms with Crippen molar-refractivity contribution >= 4 is 17.5 Å². The Balaban J connectivity index is 1.41. The number of nitrogens with one attached hydrogen (secondary N) is 2. The summed E-state index contributed by atoms with van der Waals surface area (Å²) in [5.74, 6) is 0.871. The number of hydrogen-bond acceptors (Lipinski definition) is 3. The minimum absolute atomic E-state index is 0.0378. The molecule has 0 radical (unpaired) electrons. The molecule has 0 saturated heterocycles. The van der Waals surface area contributed by atoms with Crippen LogP contribution in [0.15, 0.2) is 48.5 Å². The number of ether oxygens (including phenoxy) is 1. The molecule has 1 saturated carbocycles. The maximum Gasteiger partial charge on any atom is 0.251 e. The molecule has 5 nitrogen and oxygen atoms in total. The largest absolute Gasteiger partial charge is 0.494 e. The van der Waals surface area contributed by atoms with Gasteiger partial charge in [0.25, 0.3) is 5.91 Å². The minimum atomic E-state index is -0.150. The molecule has 2 amide bonds. The number of carbonyl (C=O) groups is 2. The summed E-state index contributed by atoms with van der Waals surface area (Å²) in [6.45, 7) is 3.10. The van der Waals surface area contributed by atoms with Gasteiger partial charge in [0, 0.05) is 23.7 Å². The molecule has 1 aliphatic carbocycles.